The summed E-state index contributed by atoms with van der Waals surface area (Å²) >= 11 is 5.07. The average Bonchev–Trinajstić information content (AvgIpc) is 2.15. The van der Waals surface area contributed by atoms with Gasteiger partial charge in [-0.3, -0.25) is 0 Å². The number of nitrogens with one attached hydrogen (secondary N) is 2. The molecule has 3 N–H and O–H groups in total. The van der Waals surface area contributed by atoms with Crippen LogP contribution in [0.5, 0.6) is 0 Å². The fourth-order valence-electron chi connectivity index (χ4n) is 0.993. The lowest BCUT2D eigenvalue weighted by Gasteiger charge is -2.19. The summed E-state index contributed by atoms with van der Waals surface area (Å²) in [5.74, 6) is 0. The van der Waals surface area contributed by atoms with Gasteiger partial charge in [-0.1, -0.05) is 18.2 Å². The lowest BCUT2D eigenvalue weighted by Crippen LogP contribution is -2.40. The zero-order chi connectivity index (χ0) is 11.3. The number of hydrogen-bond acceptors (Lipinski definition) is 2. The van der Waals surface area contributed by atoms with Crippen LogP contribution in [0.3, 0.4) is 0 Å². The molecule has 0 saturated heterocycles. The highest BCUT2D eigenvalue weighted by Gasteiger charge is 2.12. The van der Waals surface area contributed by atoms with E-state index in [9.17, 15) is 5.11 Å². The van der Waals surface area contributed by atoms with E-state index in [4.69, 9.17) is 12.2 Å². The minimum atomic E-state index is -0.761. The maximum absolute atomic E-state index is 9.48. The van der Waals surface area contributed by atoms with Gasteiger partial charge in [-0.25, -0.2) is 0 Å². The van der Waals surface area contributed by atoms with E-state index < -0.39 is 5.60 Å². The highest BCUT2D eigenvalue weighted by molar-refractivity contribution is 7.80. The molecule has 0 fully saturated rings. The van der Waals surface area contributed by atoms with E-state index in [0.717, 1.165) is 5.69 Å². The molecule has 0 atom stereocenters. The van der Waals surface area contributed by atoms with Gasteiger partial charge in [0.2, 0.25) is 0 Å². The molecule has 0 heterocycles. The van der Waals surface area contributed by atoms with Gasteiger partial charge in [0, 0.05) is 12.2 Å². The quantitative estimate of drug-likeness (QED) is 0.684. The second kappa shape index (κ2) is 5.09. The number of benzene rings is 1. The van der Waals surface area contributed by atoms with Gasteiger partial charge >= 0.3 is 0 Å². The van der Waals surface area contributed by atoms with Gasteiger partial charge in [0.1, 0.15) is 0 Å². The van der Waals surface area contributed by atoms with Crippen molar-refractivity contribution in [1.29, 1.82) is 0 Å². The summed E-state index contributed by atoms with van der Waals surface area (Å²) in [4.78, 5) is 0. The van der Waals surface area contributed by atoms with Crippen LogP contribution < -0.4 is 10.6 Å². The summed E-state index contributed by atoms with van der Waals surface area (Å²) in [6.45, 7) is 3.88. The van der Waals surface area contributed by atoms with Crippen molar-refractivity contribution in [3.63, 3.8) is 0 Å². The first-order valence-electron chi connectivity index (χ1n) is 4.80. The van der Waals surface area contributed by atoms with E-state index in [2.05, 4.69) is 10.6 Å². The molecule has 1 aromatic rings. The molecule has 1 rings (SSSR count). The molecule has 0 saturated carbocycles. The lowest BCUT2D eigenvalue weighted by atomic mass is 10.1. The molecular formula is C11H16N2OS. The van der Waals surface area contributed by atoms with Gasteiger partial charge in [-0.05, 0) is 38.2 Å². The average molecular weight is 224 g/mol. The predicted molar refractivity (Wildman–Crippen MR) is 67.0 cm³/mol. The molecule has 0 bridgehead atoms. The van der Waals surface area contributed by atoms with E-state index in [1.807, 2.05) is 30.3 Å². The van der Waals surface area contributed by atoms with Gasteiger partial charge in [-0.15, -0.1) is 0 Å². The first-order chi connectivity index (χ1) is 6.97. The number of anilines is 1. The predicted octanol–water partition coefficient (Wildman–Crippen LogP) is 1.74. The van der Waals surface area contributed by atoms with Crippen molar-refractivity contribution in [3.8, 4) is 0 Å². The van der Waals surface area contributed by atoms with E-state index >= 15 is 0 Å². The van der Waals surface area contributed by atoms with Crippen LogP contribution in [-0.4, -0.2) is 22.4 Å². The lowest BCUT2D eigenvalue weighted by molar-refractivity contribution is 0.0851. The molecule has 3 nitrogen and oxygen atoms in total. The van der Waals surface area contributed by atoms with Gasteiger partial charge in [0.15, 0.2) is 5.11 Å². The molecule has 0 aliphatic heterocycles. The largest absolute Gasteiger partial charge is 0.389 e. The van der Waals surface area contributed by atoms with E-state index in [-0.39, 0.29) is 0 Å². The van der Waals surface area contributed by atoms with Crippen molar-refractivity contribution in [2.24, 2.45) is 0 Å². The Morgan fingerprint density at radius 3 is 2.47 bits per heavy atom. The Morgan fingerprint density at radius 2 is 1.93 bits per heavy atom. The Bertz CT molecular complexity index is 319. The molecule has 1 aromatic carbocycles. The molecular weight excluding hydrogens is 208 g/mol. The maximum Gasteiger partial charge on any atom is 0.170 e. The molecule has 82 valence electrons. The van der Waals surface area contributed by atoms with Crippen molar-refractivity contribution in [2.75, 3.05) is 11.9 Å². The summed E-state index contributed by atoms with van der Waals surface area (Å²) in [6.07, 6.45) is 0. The number of thiocarbonyl (C=S) groups is 1. The second-order valence-corrected chi connectivity index (χ2v) is 4.39. The molecule has 0 unspecified atom stereocenters. The number of para-hydroxylation sites is 1. The third-order valence-corrected chi connectivity index (χ3v) is 1.96. The molecule has 15 heavy (non-hydrogen) atoms. The van der Waals surface area contributed by atoms with E-state index in [1.165, 1.54) is 0 Å². The summed E-state index contributed by atoms with van der Waals surface area (Å²) in [7, 11) is 0. The Morgan fingerprint density at radius 1 is 1.33 bits per heavy atom. The molecule has 0 aliphatic carbocycles. The molecule has 0 radical (unpaired) electrons. The van der Waals surface area contributed by atoms with Crippen LogP contribution >= 0.6 is 12.2 Å². The zero-order valence-electron chi connectivity index (χ0n) is 8.95. The molecule has 0 aliphatic rings. The van der Waals surface area contributed by atoms with Gasteiger partial charge in [0.25, 0.3) is 0 Å². The summed E-state index contributed by atoms with van der Waals surface area (Å²) in [6, 6.07) is 9.66. The highest BCUT2D eigenvalue weighted by atomic mass is 32.1. The van der Waals surface area contributed by atoms with Crippen LogP contribution in [0.1, 0.15) is 13.8 Å². The van der Waals surface area contributed by atoms with Crippen molar-refractivity contribution in [3.05, 3.63) is 30.3 Å². The molecule has 0 amide bonds. The van der Waals surface area contributed by atoms with Crippen molar-refractivity contribution >= 4 is 23.0 Å². The van der Waals surface area contributed by atoms with Crippen LogP contribution in [0.15, 0.2) is 30.3 Å². The van der Waals surface area contributed by atoms with Crippen molar-refractivity contribution in [2.45, 2.75) is 19.4 Å². The Balaban J connectivity index is 2.38. The summed E-state index contributed by atoms with van der Waals surface area (Å²) in [5.41, 5.74) is 0.174. The summed E-state index contributed by atoms with van der Waals surface area (Å²) in [5, 5.41) is 16.0. The maximum atomic E-state index is 9.48. The number of aliphatic hydroxyl groups is 1. The first kappa shape index (κ1) is 11.9. The van der Waals surface area contributed by atoms with Crippen LogP contribution in [0.2, 0.25) is 0 Å². The standard InChI is InChI=1S/C11H16N2OS/c1-11(2,14)8-12-10(15)13-9-6-4-3-5-7-9/h3-7,14H,8H2,1-2H3,(H2,12,13,15). The SMILES string of the molecule is CC(C)(O)CNC(=S)Nc1ccccc1. The van der Waals surface area contributed by atoms with E-state index in [0.29, 0.717) is 11.7 Å². The number of rotatable bonds is 3. The zero-order valence-corrected chi connectivity index (χ0v) is 9.77. The third-order valence-electron chi connectivity index (χ3n) is 1.71. The number of hydrogen-bond donors (Lipinski definition) is 3. The molecule has 4 heteroatoms. The second-order valence-electron chi connectivity index (χ2n) is 3.99. The topological polar surface area (TPSA) is 44.3 Å². The fourth-order valence-corrected chi connectivity index (χ4v) is 1.18. The Labute approximate surface area is 95.5 Å². The van der Waals surface area contributed by atoms with Crippen LogP contribution in [0.4, 0.5) is 5.69 Å². The minimum absolute atomic E-state index is 0.422. The smallest absolute Gasteiger partial charge is 0.170 e. The fraction of sp³-hybridized carbons (Fsp3) is 0.364. The Kier molecular flexibility index (Phi) is 4.05. The van der Waals surface area contributed by atoms with E-state index in [1.54, 1.807) is 13.8 Å². The molecule has 0 aromatic heterocycles. The first-order valence-corrected chi connectivity index (χ1v) is 5.20. The third kappa shape index (κ3) is 5.34. The normalized spacial score (nSPS) is 10.9. The summed E-state index contributed by atoms with van der Waals surface area (Å²) < 4.78 is 0. The van der Waals surface area contributed by atoms with Crippen LogP contribution in [0, 0.1) is 0 Å². The molecule has 0 spiro atoms. The van der Waals surface area contributed by atoms with Crippen LogP contribution in [-0.2, 0) is 0 Å². The Hall–Kier alpha value is -1.13. The van der Waals surface area contributed by atoms with Crippen molar-refractivity contribution in [1.82, 2.24) is 5.32 Å². The minimum Gasteiger partial charge on any atom is -0.389 e. The highest BCUT2D eigenvalue weighted by Crippen LogP contribution is 2.04. The monoisotopic (exact) mass is 224 g/mol. The van der Waals surface area contributed by atoms with Gasteiger partial charge < -0.3 is 15.7 Å². The van der Waals surface area contributed by atoms with Gasteiger partial charge in [-0.2, -0.15) is 0 Å². The van der Waals surface area contributed by atoms with Crippen LogP contribution in [0.25, 0.3) is 0 Å². The van der Waals surface area contributed by atoms with Crippen molar-refractivity contribution < 1.29 is 5.11 Å². The van der Waals surface area contributed by atoms with Gasteiger partial charge in [0.05, 0.1) is 5.60 Å².